The minimum absolute atomic E-state index is 0.330. The summed E-state index contributed by atoms with van der Waals surface area (Å²) in [5, 5.41) is 5.52. The van der Waals surface area contributed by atoms with Gasteiger partial charge in [0, 0.05) is 16.5 Å². The highest BCUT2D eigenvalue weighted by atomic mass is 35.5. The molecule has 0 saturated carbocycles. The maximum Gasteiger partial charge on any atom is 0.272 e. The maximum atomic E-state index is 13.3. The topological polar surface area (TPSA) is 63.6 Å². The van der Waals surface area contributed by atoms with Crippen LogP contribution in [0.5, 0.6) is 5.75 Å². The van der Waals surface area contributed by atoms with Gasteiger partial charge in [0.05, 0.1) is 34.1 Å². The van der Waals surface area contributed by atoms with Gasteiger partial charge >= 0.3 is 0 Å². The molecule has 0 fully saturated rings. The number of pyridine rings is 1. The number of benzene rings is 3. The Morgan fingerprint density at radius 3 is 2.54 bits per heavy atom. The van der Waals surface area contributed by atoms with E-state index in [1.807, 2.05) is 55.5 Å². The first-order chi connectivity index (χ1) is 17.0. The first-order valence-electron chi connectivity index (χ1n) is 11.8. The summed E-state index contributed by atoms with van der Waals surface area (Å²) in [4.78, 5) is 18.0. The van der Waals surface area contributed by atoms with E-state index < -0.39 is 0 Å². The van der Waals surface area contributed by atoms with E-state index in [0.717, 1.165) is 29.7 Å². The Hall–Kier alpha value is -3.70. The molecule has 178 valence electrons. The molecule has 6 heteroatoms. The van der Waals surface area contributed by atoms with Crippen molar-refractivity contribution < 1.29 is 9.53 Å². The Morgan fingerprint density at radius 2 is 1.80 bits per heavy atom. The number of carbonyl (C=O) groups excluding carboxylic acids is 1. The van der Waals surface area contributed by atoms with Gasteiger partial charge in [-0.15, -0.1) is 0 Å². The molecule has 0 aliphatic carbocycles. The van der Waals surface area contributed by atoms with E-state index in [9.17, 15) is 4.79 Å². The van der Waals surface area contributed by atoms with Crippen LogP contribution in [0, 0.1) is 0 Å². The van der Waals surface area contributed by atoms with Gasteiger partial charge < -0.3 is 4.74 Å². The second-order valence-corrected chi connectivity index (χ2v) is 8.66. The zero-order valence-corrected chi connectivity index (χ0v) is 20.9. The van der Waals surface area contributed by atoms with Crippen LogP contribution in [0.3, 0.4) is 0 Å². The highest BCUT2D eigenvalue weighted by Crippen LogP contribution is 2.29. The number of hydrogen-bond donors (Lipinski definition) is 1. The van der Waals surface area contributed by atoms with Crippen molar-refractivity contribution in [3.63, 3.8) is 0 Å². The third-order valence-corrected chi connectivity index (χ3v) is 6.05. The molecule has 0 spiro atoms. The highest BCUT2D eigenvalue weighted by molar-refractivity contribution is 6.35. The summed E-state index contributed by atoms with van der Waals surface area (Å²) in [6.07, 6.45) is 1.89. The van der Waals surface area contributed by atoms with E-state index in [1.165, 1.54) is 5.56 Å². The van der Waals surface area contributed by atoms with Gasteiger partial charge in [-0.3, -0.25) is 4.79 Å². The van der Waals surface area contributed by atoms with Gasteiger partial charge in [0.1, 0.15) is 5.75 Å². The molecule has 0 bridgehead atoms. The minimum Gasteiger partial charge on any atom is -0.494 e. The van der Waals surface area contributed by atoms with E-state index in [1.54, 1.807) is 12.1 Å². The smallest absolute Gasteiger partial charge is 0.272 e. The predicted molar refractivity (Wildman–Crippen MR) is 143 cm³/mol. The predicted octanol–water partition coefficient (Wildman–Crippen LogP) is 7.06. The Balaban J connectivity index is 1.66. The number of amides is 1. The van der Waals surface area contributed by atoms with Crippen LogP contribution in [0.25, 0.3) is 22.2 Å². The third kappa shape index (κ3) is 5.69. The number of aryl methyl sites for hydroxylation is 1. The van der Waals surface area contributed by atoms with Crippen molar-refractivity contribution in [1.82, 2.24) is 10.4 Å². The monoisotopic (exact) mass is 485 g/mol. The average molecular weight is 486 g/mol. The number of nitrogens with one attached hydrogen (secondary N) is 1. The Labute approximate surface area is 210 Å². The van der Waals surface area contributed by atoms with Crippen molar-refractivity contribution in [2.75, 3.05) is 6.61 Å². The van der Waals surface area contributed by atoms with Crippen molar-refractivity contribution in [2.45, 2.75) is 33.6 Å². The van der Waals surface area contributed by atoms with E-state index >= 15 is 0 Å². The quantitative estimate of drug-likeness (QED) is 0.214. The largest absolute Gasteiger partial charge is 0.494 e. The third-order valence-electron chi connectivity index (χ3n) is 5.74. The van der Waals surface area contributed by atoms with Crippen molar-refractivity contribution in [2.24, 2.45) is 5.10 Å². The first-order valence-corrected chi connectivity index (χ1v) is 12.1. The molecule has 35 heavy (non-hydrogen) atoms. The molecule has 4 rings (SSSR count). The van der Waals surface area contributed by atoms with Gasteiger partial charge in [-0.25, -0.2) is 10.4 Å². The number of rotatable bonds is 8. The number of ether oxygens (including phenoxy) is 1. The Kier molecular flexibility index (Phi) is 7.78. The fourth-order valence-electron chi connectivity index (χ4n) is 3.75. The summed E-state index contributed by atoms with van der Waals surface area (Å²) >= 11 is 6.47. The summed E-state index contributed by atoms with van der Waals surface area (Å²) in [5.41, 5.74) is 8.13. The zero-order chi connectivity index (χ0) is 24.8. The highest BCUT2D eigenvalue weighted by Gasteiger charge is 2.16. The van der Waals surface area contributed by atoms with E-state index in [4.69, 9.17) is 21.3 Å². The second kappa shape index (κ2) is 11.2. The van der Waals surface area contributed by atoms with Crippen LogP contribution in [0.1, 0.15) is 48.7 Å². The molecule has 1 N–H and O–H groups in total. The normalized spacial score (nSPS) is 11.5. The Morgan fingerprint density at radius 1 is 1.03 bits per heavy atom. The van der Waals surface area contributed by atoms with Crippen LogP contribution in [-0.4, -0.2) is 23.2 Å². The van der Waals surface area contributed by atoms with Crippen molar-refractivity contribution in [3.05, 3.63) is 94.5 Å². The fourth-order valence-corrected chi connectivity index (χ4v) is 3.97. The summed E-state index contributed by atoms with van der Waals surface area (Å²) in [7, 11) is 0. The molecule has 4 aromatic rings. The molecular weight excluding hydrogens is 458 g/mol. The zero-order valence-electron chi connectivity index (χ0n) is 20.1. The van der Waals surface area contributed by atoms with E-state index in [2.05, 4.69) is 36.5 Å². The molecule has 1 heterocycles. The van der Waals surface area contributed by atoms with Crippen LogP contribution < -0.4 is 10.2 Å². The lowest BCUT2D eigenvalue weighted by molar-refractivity contribution is 0.0956. The second-order valence-electron chi connectivity index (χ2n) is 8.26. The lowest BCUT2D eigenvalue weighted by atomic mass is 10.0. The number of carbonyl (C=O) groups is 1. The number of aromatic nitrogens is 1. The van der Waals surface area contributed by atoms with Gasteiger partial charge in [-0.1, -0.05) is 74.0 Å². The summed E-state index contributed by atoms with van der Waals surface area (Å²) in [5.74, 6) is 0.447. The van der Waals surface area contributed by atoms with Crippen LogP contribution in [-0.2, 0) is 6.42 Å². The first kappa shape index (κ1) is 24.4. The number of hydrazone groups is 1. The molecule has 0 unspecified atom stereocenters. The number of para-hydroxylation sites is 1. The Bertz CT molecular complexity index is 1380. The lowest BCUT2D eigenvalue weighted by Gasteiger charge is -2.11. The van der Waals surface area contributed by atoms with E-state index in [0.29, 0.717) is 39.5 Å². The van der Waals surface area contributed by atoms with Crippen molar-refractivity contribution >= 4 is 34.1 Å². The number of hydrogen-bond acceptors (Lipinski definition) is 4. The van der Waals surface area contributed by atoms with Crippen LogP contribution in [0.2, 0.25) is 5.02 Å². The summed E-state index contributed by atoms with van der Waals surface area (Å²) < 4.78 is 5.71. The van der Waals surface area contributed by atoms with E-state index in [-0.39, 0.29) is 5.91 Å². The number of nitrogens with zero attached hydrogens (tertiary/aromatic N) is 2. The van der Waals surface area contributed by atoms with Crippen molar-refractivity contribution in [1.29, 1.82) is 0 Å². The minimum atomic E-state index is -0.330. The molecule has 3 aromatic carbocycles. The van der Waals surface area contributed by atoms with Gasteiger partial charge in [-0.05, 0) is 49.6 Å². The van der Waals surface area contributed by atoms with Crippen LogP contribution >= 0.6 is 11.6 Å². The molecular formula is C29H28ClN3O2. The van der Waals surface area contributed by atoms with Gasteiger partial charge in [-0.2, -0.15) is 5.10 Å². The van der Waals surface area contributed by atoms with Crippen LogP contribution in [0.4, 0.5) is 0 Å². The average Bonchev–Trinajstić information content (AvgIpc) is 2.90. The molecule has 0 aliphatic rings. The molecule has 0 radical (unpaired) electrons. The molecule has 5 nitrogen and oxygen atoms in total. The molecule has 1 aromatic heterocycles. The molecule has 0 saturated heterocycles. The summed E-state index contributed by atoms with van der Waals surface area (Å²) in [6, 6.07) is 23.1. The van der Waals surface area contributed by atoms with Crippen LogP contribution in [0.15, 0.2) is 77.9 Å². The SMILES string of the molecule is CCCOc1cccc(/C(C)=N/NC(=O)c2cc(-c3ccc(CC)cc3)nc3c(Cl)cccc23)c1. The molecule has 0 atom stereocenters. The molecule has 1 amide bonds. The summed E-state index contributed by atoms with van der Waals surface area (Å²) in [6.45, 7) is 6.68. The maximum absolute atomic E-state index is 13.3. The van der Waals surface area contributed by atoms with Gasteiger partial charge in [0.2, 0.25) is 0 Å². The fraction of sp³-hybridized carbons (Fsp3) is 0.207. The molecule has 0 aliphatic heterocycles. The number of halogens is 1. The lowest BCUT2D eigenvalue weighted by Crippen LogP contribution is -2.20. The standard InChI is InChI=1S/C29H28ClN3O2/c1-4-16-35-23-9-6-8-22(17-23)19(3)32-33-29(34)25-18-27(21-14-12-20(5-2)13-15-21)31-28-24(25)10-7-11-26(28)30/h6-15,17-18H,4-5,16H2,1-3H3,(H,33,34)/b32-19+. The van der Waals surface area contributed by atoms with Crippen molar-refractivity contribution in [3.8, 4) is 17.0 Å². The number of fused-ring (bicyclic) bond motifs is 1. The van der Waals surface area contributed by atoms with Gasteiger partial charge in [0.25, 0.3) is 5.91 Å². The van der Waals surface area contributed by atoms with Gasteiger partial charge in [0.15, 0.2) is 0 Å².